The highest BCUT2D eigenvalue weighted by atomic mass is 35.5. The van der Waals surface area contributed by atoms with E-state index in [0.29, 0.717) is 5.82 Å². The lowest BCUT2D eigenvalue weighted by atomic mass is 10.0. The van der Waals surface area contributed by atoms with Crippen LogP contribution in [0.2, 0.25) is 0 Å². The zero-order valence-electron chi connectivity index (χ0n) is 11.9. The molecule has 0 saturated heterocycles. The summed E-state index contributed by atoms with van der Waals surface area (Å²) >= 11 is 5.72. The molecular weight excluding hydrogens is 293 g/mol. The van der Waals surface area contributed by atoms with Gasteiger partial charge in [-0.05, 0) is 17.7 Å². The van der Waals surface area contributed by atoms with E-state index in [4.69, 9.17) is 11.6 Å². The van der Waals surface area contributed by atoms with E-state index in [9.17, 15) is 9.18 Å². The number of hydrogen-bond acceptors (Lipinski definition) is 2. The van der Waals surface area contributed by atoms with E-state index in [1.807, 2.05) is 11.6 Å². The summed E-state index contributed by atoms with van der Waals surface area (Å²) in [6, 6.07) is 5.56. The molecule has 6 heteroatoms. The van der Waals surface area contributed by atoms with Gasteiger partial charge in [-0.15, -0.1) is 11.6 Å². The number of imidazole rings is 1. The molecule has 2 unspecified atom stereocenters. The number of carbonyl (C=O) groups is 1. The molecule has 0 bridgehead atoms. The number of alkyl halides is 1. The van der Waals surface area contributed by atoms with Crippen molar-refractivity contribution in [3.05, 3.63) is 53.9 Å². The average Bonchev–Trinajstić information content (AvgIpc) is 2.90. The van der Waals surface area contributed by atoms with Gasteiger partial charge in [0.15, 0.2) is 0 Å². The minimum Gasteiger partial charge on any atom is -0.342 e. The topological polar surface area (TPSA) is 46.9 Å². The van der Waals surface area contributed by atoms with Crippen molar-refractivity contribution >= 4 is 17.5 Å². The molecule has 0 radical (unpaired) electrons. The van der Waals surface area contributed by atoms with Crippen LogP contribution in [0.5, 0.6) is 0 Å². The lowest BCUT2D eigenvalue weighted by Crippen LogP contribution is -2.35. The second-order valence-electron chi connectivity index (χ2n) is 4.94. The van der Waals surface area contributed by atoms with Crippen LogP contribution in [0.15, 0.2) is 36.7 Å². The van der Waals surface area contributed by atoms with Crippen molar-refractivity contribution in [3.8, 4) is 0 Å². The molecule has 1 N–H and O–H groups in total. The van der Waals surface area contributed by atoms with Crippen LogP contribution in [0, 0.1) is 11.7 Å². The zero-order valence-corrected chi connectivity index (χ0v) is 12.6. The van der Waals surface area contributed by atoms with Gasteiger partial charge < -0.3 is 9.88 Å². The molecule has 1 aromatic carbocycles. The van der Waals surface area contributed by atoms with Gasteiger partial charge in [-0.2, -0.15) is 0 Å². The Balaban J connectivity index is 2.33. The highest BCUT2D eigenvalue weighted by Gasteiger charge is 2.23. The molecule has 1 heterocycles. The van der Waals surface area contributed by atoms with Gasteiger partial charge in [0.2, 0.25) is 5.91 Å². The number of rotatable bonds is 5. The standard InChI is InChI=1S/C15H17ClFN3O/c1-10(9-16)15(21)19-13(14-18-7-8-20(14)2)11-3-5-12(17)6-4-11/h3-8,10,13H,9H2,1-2H3,(H,19,21). The fraction of sp³-hybridized carbons (Fsp3) is 0.333. The molecular formula is C15H17ClFN3O. The third-order valence-electron chi connectivity index (χ3n) is 3.29. The number of hydrogen-bond donors (Lipinski definition) is 1. The van der Waals surface area contributed by atoms with Crippen molar-refractivity contribution in [2.45, 2.75) is 13.0 Å². The number of aromatic nitrogens is 2. The van der Waals surface area contributed by atoms with Crippen LogP contribution in [-0.2, 0) is 11.8 Å². The lowest BCUT2D eigenvalue weighted by molar-refractivity contribution is -0.124. The Labute approximate surface area is 127 Å². The van der Waals surface area contributed by atoms with E-state index in [2.05, 4.69) is 10.3 Å². The number of nitrogens with one attached hydrogen (secondary N) is 1. The third kappa shape index (κ3) is 3.61. The number of halogens is 2. The minimum atomic E-state index is -0.441. The van der Waals surface area contributed by atoms with Crippen molar-refractivity contribution in [1.29, 1.82) is 0 Å². The van der Waals surface area contributed by atoms with Crippen molar-refractivity contribution < 1.29 is 9.18 Å². The maximum atomic E-state index is 13.1. The molecule has 2 atom stereocenters. The summed E-state index contributed by atoms with van der Waals surface area (Å²) in [6.45, 7) is 1.75. The summed E-state index contributed by atoms with van der Waals surface area (Å²) in [4.78, 5) is 16.4. The molecule has 0 saturated carbocycles. The zero-order chi connectivity index (χ0) is 15.4. The van der Waals surface area contributed by atoms with Crippen molar-refractivity contribution in [1.82, 2.24) is 14.9 Å². The van der Waals surface area contributed by atoms with Gasteiger partial charge in [-0.3, -0.25) is 4.79 Å². The first-order valence-electron chi connectivity index (χ1n) is 6.62. The molecule has 0 aliphatic carbocycles. The average molecular weight is 310 g/mol. The predicted molar refractivity (Wildman–Crippen MR) is 79.5 cm³/mol. The van der Waals surface area contributed by atoms with Crippen molar-refractivity contribution in [2.24, 2.45) is 13.0 Å². The summed E-state index contributed by atoms with van der Waals surface area (Å²) in [7, 11) is 1.84. The van der Waals surface area contributed by atoms with E-state index in [-0.39, 0.29) is 23.5 Å². The Morgan fingerprint density at radius 3 is 2.62 bits per heavy atom. The van der Waals surface area contributed by atoms with E-state index in [0.717, 1.165) is 5.56 Å². The van der Waals surface area contributed by atoms with Crippen LogP contribution in [0.1, 0.15) is 24.4 Å². The maximum Gasteiger partial charge on any atom is 0.224 e. The number of aryl methyl sites for hydroxylation is 1. The Morgan fingerprint density at radius 2 is 2.10 bits per heavy atom. The summed E-state index contributed by atoms with van der Waals surface area (Å²) in [6.07, 6.45) is 3.45. The first kappa shape index (κ1) is 15.5. The fourth-order valence-electron chi connectivity index (χ4n) is 1.96. The molecule has 0 spiro atoms. The molecule has 1 amide bonds. The van der Waals surface area contributed by atoms with Crippen molar-refractivity contribution in [2.75, 3.05) is 5.88 Å². The van der Waals surface area contributed by atoms with Gasteiger partial charge in [0.25, 0.3) is 0 Å². The molecule has 112 valence electrons. The lowest BCUT2D eigenvalue weighted by Gasteiger charge is -2.20. The third-order valence-corrected chi connectivity index (χ3v) is 3.75. The molecule has 0 aliphatic heterocycles. The highest BCUT2D eigenvalue weighted by molar-refractivity contribution is 6.19. The second kappa shape index (κ2) is 6.72. The second-order valence-corrected chi connectivity index (χ2v) is 5.25. The molecule has 0 fully saturated rings. The van der Waals surface area contributed by atoms with Crippen LogP contribution in [0.3, 0.4) is 0 Å². The molecule has 4 nitrogen and oxygen atoms in total. The van der Waals surface area contributed by atoms with Gasteiger partial charge in [0.05, 0.1) is 0 Å². The van der Waals surface area contributed by atoms with Gasteiger partial charge in [0, 0.05) is 31.2 Å². The van der Waals surface area contributed by atoms with Crippen LogP contribution in [0.25, 0.3) is 0 Å². The Bertz CT molecular complexity index is 612. The Kier molecular flexibility index (Phi) is 4.96. The smallest absolute Gasteiger partial charge is 0.224 e. The van der Waals surface area contributed by atoms with Gasteiger partial charge in [-0.1, -0.05) is 19.1 Å². The first-order valence-corrected chi connectivity index (χ1v) is 7.15. The summed E-state index contributed by atoms with van der Waals surface area (Å²) in [5.74, 6) is 0.120. The van der Waals surface area contributed by atoms with E-state index in [1.165, 1.54) is 12.1 Å². The Hall–Kier alpha value is -1.88. The van der Waals surface area contributed by atoms with Gasteiger partial charge in [0.1, 0.15) is 17.7 Å². The highest BCUT2D eigenvalue weighted by Crippen LogP contribution is 2.21. The fourth-order valence-corrected chi connectivity index (χ4v) is 2.10. The quantitative estimate of drug-likeness (QED) is 0.863. The summed E-state index contributed by atoms with van der Waals surface area (Å²) in [5, 5.41) is 2.92. The van der Waals surface area contributed by atoms with Gasteiger partial charge in [-0.25, -0.2) is 9.37 Å². The SMILES string of the molecule is CC(CCl)C(=O)NC(c1ccc(F)cc1)c1nccn1C. The molecule has 2 rings (SSSR count). The number of carbonyl (C=O) groups excluding carboxylic acids is 1. The number of nitrogens with zero attached hydrogens (tertiary/aromatic N) is 2. The predicted octanol–water partition coefficient (Wildman–Crippen LogP) is 2.64. The van der Waals surface area contributed by atoms with Crippen molar-refractivity contribution in [3.63, 3.8) is 0 Å². The van der Waals surface area contributed by atoms with Crippen LogP contribution in [-0.4, -0.2) is 21.3 Å². The first-order chi connectivity index (χ1) is 10.0. The minimum absolute atomic E-state index is 0.165. The van der Waals surface area contributed by atoms with Crippen LogP contribution in [0.4, 0.5) is 4.39 Å². The van der Waals surface area contributed by atoms with E-state index in [1.54, 1.807) is 31.5 Å². The van der Waals surface area contributed by atoms with E-state index >= 15 is 0 Å². The van der Waals surface area contributed by atoms with Crippen LogP contribution >= 0.6 is 11.6 Å². The molecule has 1 aromatic heterocycles. The summed E-state index contributed by atoms with van der Waals surface area (Å²) in [5.41, 5.74) is 0.765. The largest absolute Gasteiger partial charge is 0.342 e. The molecule has 21 heavy (non-hydrogen) atoms. The van der Waals surface area contributed by atoms with Gasteiger partial charge >= 0.3 is 0 Å². The van der Waals surface area contributed by atoms with E-state index < -0.39 is 6.04 Å². The molecule has 0 aliphatic rings. The number of amides is 1. The number of benzene rings is 1. The maximum absolute atomic E-state index is 13.1. The summed E-state index contributed by atoms with van der Waals surface area (Å²) < 4.78 is 14.9. The normalized spacial score (nSPS) is 13.7. The molecule has 2 aromatic rings. The Morgan fingerprint density at radius 1 is 1.43 bits per heavy atom. The monoisotopic (exact) mass is 309 g/mol. The van der Waals surface area contributed by atoms with Crippen LogP contribution < -0.4 is 5.32 Å².